The van der Waals surface area contributed by atoms with Gasteiger partial charge in [0.15, 0.2) is 0 Å². The molecule has 0 aromatic carbocycles. The first-order valence-electron chi connectivity index (χ1n) is 11.3. The zero-order chi connectivity index (χ0) is 24.0. The highest BCUT2D eigenvalue weighted by Crippen LogP contribution is 2.34. The van der Waals surface area contributed by atoms with E-state index in [1.807, 2.05) is 13.8 Å². The molecule has 8 nitrogen and oxygen atoms in total. The molecule has 0 bridgehead atoms. The van der Waals surface area contributed by atoms with E-state index < -0.39 is 35.3 Å². The van der Waals surface area contributed by atoms with Crippen LogP contribution in [0, 0.1) is 23.7 Å². The fourth-order valence-corrected chi connectivity index (χ4v) is 4.89. The second-order valence-electron chi connectivity index (χ2n) is 9.89. The zero-order valence-corrected chi connectivity index (χ0v) is 20.4. The Hall–Kier alpha value is -1.22. The summed E-state index contributed by atoms with van der Waals surface area (Å²) in [6.45, 7) is 12.4. The molecule has 1 heterocycles. The molecule has 182 valence electrons. The third kappa shape index (κ3) is 7.70. The molecule has 1 saturated heterocycles. The lowest BCUT2D eigenvalue weighted by molar-refractivity contribution is -0.186. The van der Waals surface area contributed by atoms with Crippen molar-refractivity contribution in [3.05, 3.63) is 0 Å². The van der Waals surface area contributed by atoms with E-state index in [-0.39, 0.29) is 24.5 Å². The highest BCUT2D eigenvalue weighted by molar-refractivity contribution is 5.88. The minimum absolute atomic E-state index is 0.0596. The van der Waals surface area contributed by atoms with Crippen LogP contribution in [-0.2, 0) is 19.1 Å². The van der Waals surface area contributed by atoms with Crippen LogP contribution in [0.15, 0.2) is 5.16 Å². The SMILES string of the molecule is CC[C@H]1OC(=O)C(C)C[C@H](C)CC(C)(O)C[C@@H](C)/C(=N\OCOC)[C@H](C)[C@@H](O)C1(C)O. The van der Waals surface area contributed by atoms with Crippen molar-refractivity contribution < 1.29 is 34.4 Å². The molecule has 0 saturated carbocycles. The maximum absolute atomic E-state index is 12.7. The largest absolute Gasteiger partial charge is 0.459 e. The molecule has 8 atom stereocenters. The van der Waals surface area contributed by atoms with E-state index in [1.165, 1.54) is 14.0 Å². The summed E-state index contributed by atoms with van der Waals surface area (Å²) in [7, 11) is 1.48. The summed E-state index contributed by atoms with van der Waals surface area (Å²) in [5.74, 6) is -1.57. The molecule has 0 aliphatic carbocycles. The van der Waals surface area contributed by atoms with E-state index >= 15 is 0 Å². The molecule has 0 aromatic rings. The van der Waals surface area contributed by atoms with Crippen LogP contribution in [0.5, 0.6) is 0 Å². The second-order valence-corrected chi connectivity index (χ2v) is 9.89. The number of hydrogen-bond acceptors (Lipinski definition) is 8. The van der Waals surface area contributed by atoms with Gasteiger partial charge in [0.05, 0.1) is 23.3 Å². The highest BCUT2D eigenvalue weighted by Gasteiger charge is 2.46. The Kier molecular flexibility index (Phi) is 10.4. The van der Waals surface area contributed by atoms with Gasteiger partial charge in [-0.25, -0.2) is 0 Å². The summed E-state index contributed by atoms with van der Waals surface area (Å²) in [4.78, 5) is 17.9. The predicted octanol–water partition coefficient (Wildman–Crippen LogP) is 2.88. The van der Waals surface area contributed by atoms with Crippen LogP contribution in [0.2, 0.25) is 0 Å². The third-order valence-corrected chi connectivity index (χ3v) is 6.36. The third-order valence-electron chi connectivity index (χ3n) is 6.36. The fraction of sp³-hybridized carbons (Fsp3) is 0.913. The quantitative estimate of drug-likeness (QED) is 0.263. The number of hydrogen-bond donors (Lipinski definition) is 3. The Morgan fingerprint density at radius 2 is 1.74 bits per heavy atom. The van der Waals surface area contributed by atoms with Gasteiger partial charge in [-0.2, -0.15) is 0 Å². The summed E-state index contributed by atoms with van der Waals surface area (Å²) in [5, 5.41) is 37.6. The van der Waals surface area contributed by atoms with Gasteiger partial charge in [-0.1, -0.05) is 39.8 Å². The van der Waals surface area contributed by atoms with Crippen molar-refractivity contribution in [3.8, 4) is 0 Å². The van der Waals surface area contributed by atoms with Gasteiger partial charge in [0, 0.05) is 18.9 Å². The van der Waals surface area contributed by atoms with Crippen LogP contribution in [0.3, 0.4) is 0 Å². The molecule has 1 aliphatic heterocycles. The van der Waals surface area contributed by atoms with Gasteiger partial charge in [0.25, 0.3) is 0 Å². The Morgan fingerprint density at radius 1 is 1.13 bits per heavy atom. The number of nitrogens with zero attached hydrogens (tertiary/aromatic N) is 1. The zero-order valence-electron chi connectivity index (χ0n) is 20.4. The topological polar surface area (TPSA) is 118 Å². The number of rotatable bonds is 4. The molecule has 0 radical (unpaired) electrons. The average molecular weight is 446 g/mol. The number of aliphatic hydroxyl groups is 3. The van der Waals surface area contributed by atoms with Gasteiger partial charge in [-0.05, 0) is 45.4 Å². The van der Waals surface area contributed by atoms with Gasteiger partial charge in [-0.3, -0.25) is 4.79 Å². The van der Waals surface area contributed by atoms with Gasteiger partial charge >= 0.3 is 5.97 Å². The van der Waals surface area contributed by atoms with Crippen LogP contribution in [0.25, 0.3) is 0 Å². The molecule has 0 spiro atoms. The van der Waals surface area contributed by atoms with Gasteiger partial charge in [0.2, 0.25) is 6.79 Å². The summed E-state index contributed by atoms with van der Waals surface area (Å²) in [6, 6.07) is 0. The number of methoxy groups -OCH3 is 1. The number of oxime groups is 1. The molecule has 0 amide bonds. The maximum Gasteiger partial charge on any atom is 0.309 e. The summed E-state index contributed by atoms with van der Waals surface area (Å²) < 4.78 is 10.6. The minimum atomic E-state index is -1.70. The highest BCUT2D eigenvalue weighted by atomic mass is 16.7. The number of carbonyl (C=O) groups is 1. The fourth-order valence-electron chi connectivity index (χ4n) is 4.89. The number of carbonyl (C=O) groups excluding carboxylic acids is 1. The molecule has 3 unspecified atom stereocenters. The van der Waals surface area contributed by atoms with Crippen molar-refractivity contribution in [2.45, 2.75) is 97.6 Å². The smallest absolute Gasteiger partial charge is 0.309 e. The van der Waals surface area contributed by atoms with E-state index in [9.17, 15) is 20.1 Å². The molecule has 8 heteroatoms. The van der Waals surface area contributed by atoms with Crippen LogP contribution < -0.4 is 0 Å². The Labute approximate surface area is 186 Å². The van der Waals surface area contributed by atoms with Crippen molar-refractivity contribution in [2.24, 2.45) is 28.8 Å². The van der Waals surface area contributed by atoms with E-state index in [1.54, 1.807) is 27.7 Å². The lowest BCUT2D eigenvalue weighted by Gasteiger charge is -2.40. The molecular weight excluding hydrogens is 402 g/mol. The summed E-state index contributed by atoms with van der Waals surface area (Å²) in [5.41, 5.74) is -2.21. The lowest BCUT2D eigenvalue weighted by Crippen LogP contribution is -2.56. The van der Waals surface area contributed by atoms with Crippen LogP contribution in [-0.4, -0.2) is 64.3 Å². The van der Waals surface area contributed by atoms with Gasteiger partial charge < -0.3 is 29.6 Å². The Morgan fingerprint density at radius 3 is 2.29 bits per heavy atom. The number of cyclic esters (lactones) is 1. The molecule has 0 aromatic heterocycles. The monoisotopic (exact) mass is 445 g/mol. The molecule has 31 heavy (non-hydrogen) atoms. The van der Waals surface area contributed by atoms with Crippen molar-refractivity contribution in [2.75, 3.05) is 13.9 Å². The number of aliphatic hydroxyl groups excluding tert-OH is 1. The standard InChI is InChI=1S/C23H43NO7/c1-9-18-23(7,28)20(25)17(5)19(24-30-13-29-8)16(4)12-22(6,27)11-14(2)10-15(3)21(26)31-18/h14-18,20,25,27-28H,9-13H2,1-8H3/b24-19+/t14-,15?,16+,17-,18+,20+,22?,23?/m0/s1. The Balaban J connectivity index is 3.40. The van der Waals surface area contributed by atoms with Crippen molar-refractivity contribution in [1.29, 1.82) is 0 Å². The Bertz CT molecular complexity index is 605. The predicted molar refractivity (Wildman–Crippen MR) is 118 cm³/mol. The van der Waals surface area contributed by atoms with E-state index in [0.29, 0.717) is 31.4 Å². The second kappa shape index (κ2) is 11.6. The van der Waals surface area contributed by atoms with Gasteiger partial charge in [0.1, 0.15) is 11.7 Å². The average Bonchev–Trinajstić information content (AvgIpc) is 2.65. The van der Waals surface area contributed by atoms with Crippen LogP contribution in [0.1, 0.15) is 74.1 Å². The first-order valence-corrected chi connectivity index (χ1v) is 11.3. The maximum atomic E-state index is 12.7. The van der Waals surface area contributed by atoms with E-state index in [2.05, 4.69) is 5.16 Å². The first-order chi connectivity index (χ1) is 14.3. The molecule has 1 aliphatic rings. The number of esters is 1. The molecule has 1 rings (SSSR count). The number of ether oxygens (including phenoxy) is 2. The molecule has 3 N–H and O–H groups in total. The molecule has 1 fully saturated rings. The van der Waals surface area contributed by atoms with Crippen LogP contribution >= 0.6 is 0 Å². The van der Waals surface area contributed by atoms with Crippen LogP contribution in [0.4, 0.5) is 0 Å². The summed E-state index contributed by atoms with van der Waals surface area (Å²) in [6.07, 6.45) is -0.354. The van der Waals surface area contributed by atoms with E-state index in [0.717, 1.165) is 0 Å². The van der Waals surface area contributed by atoms with Crippen molar-refractivity contribution in [3.63, 3.8) is 0 Å². The minimum Gasteiger partial charge on any atom is -0.459 e. The lowest BCUT2D eigenvalue weighted by atomic mass is 9.75. The van der Waals surface area contributed by atoms with Crippen molar-refractivity contribution >= 4 is 11.7 Å². The van der Waals surface area contributed by atoms with Gasteiger partial charge in [-0.15, -0.1) is 0 Å². The van der Waals surface area contributed by atoms with E-state index in [4.69, 9.17) is 14.3 Å². The molecular formula is C23H43NO7. The summed E-state index contributed by atoms with van der Waals surface area (Å²) >= 11 is 0. The first kappa shape index (κ1) is 27.8. The van der Waals surface area contributed by atoms with Crippen molar-refractivity contribution in [1.82, 2.24) is 0 Å². The normalized spacial score (nSPS) is 42.7.